The van der Waals surface area contributed by atoms with Crippen molar-refractivity contribution in [2.45, 2.75) is 181 Å². The molecular weight excluding hydrogens is 658 g/mol. The zero-order valence-electron chi connectivity index (χ0n) is 34.0. The lowest BCUT2D eigenvalue weighted by Gasteiger charge is -2.73. The molecule has 52 heavy (non-hydrogen) atoms. The van der Waals surface area contributed by atoms with E-state index in [1.165, 1.54) is 64.2 Å². The molecule has 0 bridgehead atoms. The molecular formula is C43H77NO8. The maximum absolute atomic E-state index is 11.2. The van der Waals surface area contributed by atoms with Gasteiger partial charge in [0.1, 0.15) is 36.1 Å². The molecule has 9 N–H and O–H groups in total. The molecule has 0 aromatic heterocycles. The SMILES string of the molecule is CC(CC(C)C1CCC2(C)C1CCC1(C)C2CCC2C3(C)CCC(C)C(C)(C)C3CCC21C)C(O)C(O)C(O)COC1C(N)C(O)C(O)C1(O)CO. The van der Waals surface area contributed by atoms with Crippen LogP contribution >= 0.6 is 0 Å². The molecule has 0 aliphatic heterocycles. The number of ether oxygens (including phenoxy) is 1. The number of hydrogen-bond acceptors (Lipinski definition) is 9. The van der Waals surface area contributed by atoms with Gasteiger partial charge in [0.25, 0.3) is 0 Å². The monoisotopic (exact) mass is 736 g/mol. The molecule has 0 aromatic carbocycles. The maximum atomic E-state index is 11.2. The second-order valence-electron chi connectivity index (χ2n) is 21.4. The summed E-state index contributed by atoms with van der Waals surface area (Å²) >= 11 is 0. The molecule has 6 aliphatic rings. The summed E-state index contributed by atoms with van der Waals surface area (Å²) in [5.74, 6) is 4.43. The quantitative estimate of drug-likeness (QED) is 0.159. The minimum absolute atomic E-state index is 0.278. The number of aliphatic hydroxyl groups is 7. The third-order valence-corrected chi connectivity index (χ3v) is 19.1. The molecule has 6 aliphatic carbocycles. The lowest BCUT2D eigenvalue weighted by molar-refractivity contribution is -0.246. The minimum Gasteiger partial charge on any atom is -0.393 e. The Morgan fingerprint density at radius 1 is 0.750 bits per heavy atom. The highest BCUT2D eigenvalue weighted by molar-refractivity contribution is 5.19. The fourth-order valence-electron chi connectivity index (χ4n) is 15.5. The van der Waals surface area contributed by atoms with E-state index in [1.807, 2.05) is 6.92 Å². The van der Waals surface area contributed by atoms with E-state index in [4.69, 9.17) is 10.5 Å². The molecule has 20 atom stereocenters. The molecule has 0 heterocycles. The number of fused-ring (bicyclic) bond motifs is 7. The van der Waals surface area contributed by atoms with Crippen LogP contribution in [0.15, 0.2) is 0 Å². The molecule has 0 aromatic rings. The predicted octanol–water partition coefficient (Wildman–Crippen LogP) is 4.64. The summed E-state index contributed by atoms with van der Waals surface area (Å²) in [6, 6.07) is -1.21. The maximum Gasteiger partial charge on any atom is 0.144 e. The summed E-state index contributed by atoms with van der Waals surface area (Å²) in [5, 5.41) is 73.7. The third kappa shape index (κ3) is 5.85. The van der Waals surface area contributed by atoms with Crippen molar-refractivity contribution in [1.29, 1.82) is 0 Å². The Morgan fingerprint density at radius 3 is 1.94 bits per heavy atom. The summed E-state index contributed by atoms with van der Waals surface area (Å²) in [5.41, 5.74) is 5.58. The number of nitrogens with two attached hydrogens (primary N) is 1. The van der Waals surface area contributed by atoms with E-state index in [9.17, 15) is 35.7 Å². The first-order valence-electron chi connectivity index (χ1n) is 21.2. The van der Waals surface area contributed by atoms with Crippen LogP contribution < -0.4 is 5.73 Å². The van der Waals surface area contributed by atoms with Crippen LogP contribution in [0.5, 0.6) is 0 Å². The molecule has 302 valence electrons. The molecule has 0 amide bonds. The average Bonchev–Trinajstić information content (AvgIpc) is 3.52. The van der Waals surface area contributed by atoms with Gasteiger partial charge in [-0.1, -0.05) is 62.3 Å². The molecule has 9 nitrogen and oxygen atoms in total. The molecule has 6 rings (SSSR count). The number of rotatable bonds is 10. The smallest absolute Gasteiger partial charge is 0.144 e. The number of aliphatic hydroxyl groups excluding tert-OH is 6. The van der Waals surface area contributed by atoms with Crippen LogP contribution in [-0.4, -0.2) is 97.2 Å². The van der Waals surface area contributed by atoms with E-state index in [1.54, 1.807) is 0 Å². The standard InChI is InChI=1S/C43H77NO8/c1-23(20-24(2)33(47)34(48)28(46)21-52-37-32(44)35(49)36(50)43(37,51)22-45)26-13-17-39(6)27(26)14-18-41(8)30(39)10-11-31-40(7)16-12-25(3)38(4,5)29(40)15-19-42(31,41)9/h23-37,45-51H,10-22,44H2,1-9H3. The molecule has 0 saturated heterocycles. The predicted molar refractivity (Wildman–Crippen MR) is 202 cm³/mol. The molecule has 0 spiro atoms. The van der Waals surface area contributed by atoms with E-state index in [0.717, 1.165) is 30.1 Å². The van der Waals surface area contributed by atoms with Gasteiger partial charge in [-0.25, -0.2) is 0 Å². The van der Waals surface area contributed by atoms with Crippen LogP contribution in [0.1, 0.15) is 133 Å². The van der Waals surface area contributed by atoms with Crippen molar-refractivity contribution in [3.8, 4) is 0 Å². The first-order valence-corrected chi connectivity index (χ1v) is 21.2. The van der Waals surface area contributed by atoms with Crippen LogP contribution in [0, 0.1) is 74.4 Å². The van der Waals surface area contributed by atoms with Crippen LogP contribution in [-0.2, 0) is 4.74 Å². The van der Waals surface area contributed by atoms with E-state index < -0.39 is 61.5 Å². The van der Waals surface area contributed by atoms with Gasteiger partial charge in [0.05, 0.1) is 25.4 Å². The Bertz CT molecular complexity index is 1280. The zero-order valence-corrected chi connectivity index (χ0v) is 34.0. The van der Waals surface area contributed by atoms with Gasteiger partial charge in [-0.3, -0.25) is 0 Å². The van der Waals surface area contributed by atoms with Crippen molar-refractivity contribution in [1.82, 2.24) is 0 Å². The average molecular weight is 736 g/mol. The van der Waals surface area contributed by atoms with Crippen LogP contribution in [0.4, 0.5) is 0 Å². The Labute approximate surface area is 314 Å². The first-order chi connectivity index (χ1) is 24.1. The van der Waals surface area contributed by atoms with Gasteiger partial charge in [-0.2, -0.15) is 0 Å². The molecule has 9 heteroatoms. The molecule has 6 fully saturated rings. The second-order valence-corrected chi connectivity index (χ2v) is 21.4. The van der Waals surface area contributed by atoms with Crippen LogP contribution in [0.25, 0.3) is 0 Å². The van der Waals surface area contributed by atoms with Gasteiger partial charge in [0.2, 0.25) is 0 Å². The summed E-state index contributed by atoms with van der Waals surface area (Å²) in [4.78, 5) is 0. The lowest BCUT2D eigenvalue weighted by Crippen LogP contribution is -2.66. The van der Waals surface area contributed by atoms with Crippen molar-refractivity contribution < 1.29 is 40.5 Å². The molecule has 20 unspecified atom stereocenters. The number of hydrogen-bond donors (Lipinski definition) is 8. The van der Waals surface area contributed by atoms with Gasteiger partial charge in [0.15, 0.2) is 0 Å². The fourth-order valence-corrected chi connectivity index (χ4v) is 15.5. The summed E-state index contributed by atoms with van der Waals surface area (Å²) in [7, 11) is 0. The van der Waals surface area contributed by atoms with Crippen LogP contribution in [0.2, 0.25) is 0 Å². The Balaban J connectivity index is 1.09. The highest BCUT2D eigenvalue weighted by atomic mass is 16.5. The third-order valence-electron chi connectivity index (χ3n) is 19.1. The van der Waals surface area contributed by atoms with Gasteiger partial charge >= 0.3 is 0 Å². The van der Waals surface area contributed by atoms with Crippen LogP contribution in [0.3, 0.4) is 0 Å². The lowest BCUT2D eigenvalue weighted by atomic mass is 9.31. The van der Waals surface area contributed by atoms with Crippen molar-refractivity contribution in [3.63, 3.8) is 0 Å². The minimum atomic E-state index is -2.21. The summed E-state index contributed by atoms with van der Waals surface area (Å²) < 4.78 is 5.57. The van der Waals surface area contributed by atoms with Gasteiger partial charge in [-0.05, 0) is 145 Å². The van der Waals surface area contributed by atoms with Gasteiger partial charge in [0, 0.05) is 0 Å². The summed E-state index contributed by atoms with van der Waals surface area (Å²) in [6.07, 6.45) is 5.17. The normalized spacial score (nSPS) is 52.8. The topological polar surface area (TPSA) is 177 Å². The van der Waals surface area contributed by atoms with E-state index >= 15 is 0 Å². The van der Waals surface area contributed by atoms with E-state index in [2.05, 4.69) is 55.4 Å². The van der Waals surface area contributed by atoms with Crippen molar-refractivity contribution >= 4 is 0 Å². The van der Waals surface area contributed by atoms with E-state index in [0.29, 0.717) is 44.8 Å². The zero-order chi connectivity index (χ0) is 38.6. The highest BCUT2D eigenvalue weighted by Crippen LogP contribution is 2.78. The first kappa shape index (κ1) is 41.3. The largest absolute Gasteiger partial charge is 0.393 e. The Hall–Kier alpha value is -0.360. The van der Waals surface area contributed by atoms with Crippen molar-refractivity contribution in [3.05, 3.63) is 0 Å². The fraction of sp³-hybridized carbons (Fsp3) is 1.00. The van der Waals surface area contributed by atoms with Crippen molar-refractivity contribution in [2.75, 3.05) is 13.2 Å². The van der Waals surface area contributed by atoms with E-state index in [-0.39, 0.29) is 5.92 Å². The van der Waals surface area contributed by atoms with Crippen molar-refractivity contribution in [2.24, 2.45) is 80.2 Å². The second kappa shape index (κ2) is 13.9. The van der Waals surface area contributed by atoms with Gasteiger partial charge in [-0.15, -0.1) is 0 Å². The Morgan fingerprint density at radius 2 is 1.33 bits per heavy atom. The molecule has 0 radical (unpaired) electrons. The molecule has 6 saturated carbocycles. The highest BCUT2D eigenvalue weighted by Gasteiger charge is 2.70. The van der Waals surface area contributed by atoms with Gasteiger partial charge < -0.3 is 46.2 Å². The Kier molecular flexibility index (Phi) is 11.1. The summed E-state index contributed by atoms with van der Waals surface area (Å²) in [6.45, 7) is 21.3.